The third-order valence-corrected chi connectivity index (χ3v) is 9.38. The Bertz CT molecular complexity index is 647. The minimum atomic E-state index is 0.0514. The van der Waals surface area contributed by atoms with Crippen LogP contribution in [0.4, 0.5) is 0 Å². The zero-order chi connectivity index (χ0) is 22.1. The van der Waals surface area contributed by atoms with Gasteiger partial charge >= 0.3 is 206 Å². The molecule has 1 aliphatic rings. The molecule has 0 aliphatic carbocycles. The van der Waals surface area contributed by atoms with Gasteiger partial charge in [0.1, 0.15) is 0 Å². The van der Waals surface area contributed by atoms with E-state index in [1.165, 1.54) is 27.3 Å². The van der Waals surface area contributed by atoms with Gasteiger partial charge in [0, 0.05) is 0 Å². The molecule has 1 aromatic rings. The van der Waals surface area contributed by atoms with Crippen LogP contribution in [0.25, 0.3) is 0 Å². The number of allylic oxidation sites excluding steroid dienone is 1. The van der Waals surface area contributed by atoms with Crippen LogP contribution < -0.4 is 4.46 Å². The third kappa shape index (κ3) is 8.58. The van der Waals surface area contributed by atoms with E-state index in [4.69, 9.17) is 9.47 Å². The van der Waals surface area contributed by atoms with E-state index < -0.39 is 0 Å². The summed E-state index contributed by atoms with van der Waals surface area (Å²) in [6.07, 6.45) is 9.45. The first-order valence-corrected chi connectivity index (χ1v) is 14.5. The second-order valence-corrected chi connectivity index (χ2v) is 14.3. The Morgan fingerprint density at radius 2 is 1.73 bits per heavy atom. The maximum absolute atomic E-state index is 5.86. The van der Waals surface area contributed by atoms with Crippen molar-refractivity contribution in [2.24, 2.45) is 0 Å². The SMILES string of the molecule is CC(C)c1cc(C(C)C)c([Se]/C(I)=C\CCCCOC2CCCCO2)c(C(C)C)c1. The number of unbranched alkanes of at least 4 members (excludes halogenated alkanes) is 2. The molecule has 4 heteroatoms. The van der Waals surface area contributed by atoms with Crippen molar-refractivity contribution in [1.82, 2.24) is 0 Å². The summed E-state index contributed by atoms with van der Waals surface area (Å²) in [6.45, 7) is 15.7. The summed E-state index contributed by atoms with van der Waals surface area (Å²) in [4.78, 5) is 0. The number of rotatable bonds is 11. The van der Waals surface area contributed by atoms with Crippen LogP contribution in [0, 0.1) is 0 Å². The summed E-state index contributed by atoms with van der Waals surface area (Å²) in [6, 6.07) is 4.96. The fraction of sp³-hybridized carbons (Fsp3) is 0.692. The van der Waals surface area contributed by atoms with Crippen LogP contribution in [0.2, 0.25) is 0 Å². The van der Waals surface area contributed by atoms with Gasteiger partial charge < -0.3 is 0 Å². The number of ether oxygens (including phenoxy) is 2. The molecule has 0 N–H and O–H groups in total. The molecule has 1 aliphatic heterocycles. The zero-order valence-electron chi connectivity index (χ0n) is 19.8. The molecule has 30 heavy (non-hydrogen) atoms. The van der Waals surface area contributed by atoms with Crippen molar-refractivity contribution in [3.63, 3.8) is 0 Å². The van der Waals surface area contributed by atoms with Crippen molar-refractivity contribution < 1.29 is 9.47 Å². The minimum absolute atomic E-state index is 0.0514. The number of halogens is 1. The Morgan fingerprint density at radius 1 is 1.07 bits per heavy atom. The first-order valence-electron chi connectivity index (χ1n) is 11.7. The van der Waals surface area contributed by atoms with E-state index in [9.17, 15) is 0 Å². The van der Waals surface area contributed by atoms with Crippen LogP contribution in [-0.4, -0.2) is 34.5 Å². The number of hydrogen-bond donors (Lipinski definition) is 0. The molecular weight excluding hydrogens is 550 g/mol. The van der Waals surface area contributed by atoms with Crippen molar-refractivity contribution in [2.45, 2.75) is 104 Å². The molecule has 1 aromatic carbocycles. The molecule has 0 spiro atoms. The predicted molar refractivity (Wildman–Crippen MR) is 140 cm³/mol. The monoisotopic (exact) mass is 592 g/mol. The Labute approximate surface area is 205 Å². The fourth-order valence-electron chi connectivity index (χ4n) is 3.67. The molecule has 0 aromatic heterocycles. The van der Waals surface area contributed by atoms with Gasteiger partial charge in [-0.1, -0.05) is 0 Å². The van der Waals surface area contributed by atoms with E-state index in [2.05, 4.69) is 82.3 Å². The summed E-state index contributed by atoms with van der Waals surface area (Å²) < 4.78 is 14.6. The van der Waals surface area contributed by atoms with Gasteiger partial charge in [0.05, 0.1) is 0 Å². The Morgan fingerprint density at radius 3 is 2.27 bits per heavy atom. The molecule has 0 amide bonds. The average molecular weight is 591 g/mol. The summed E-state index contributed by atoms with van der Waals surface area (Å²) in [5.74, 6) is 1.72. The summed E-state index contributed by atoms with van der Waals surface area (Å²) >= 11 is 2.97. The van der Waals surface area contributed by atoms with Gasteiger partial charge in [0.2, 0.25) is 0 Å². The quantitative estimate of drug-likeness (QED) is 0.152. The van der Waals surface area contributed by atoms with Gasteiger partial charge in [-0.15, -0.1) is 0 Å². The molecular formula is C26H41IO2Se. The van der Waals surface area contributed by atoms with Crippen LogP contribution >= 0.6 is 22.6 Å². The summed E-state index contributed by atoms with van der Waals surface area (Å²) in [7, 11) is 0. The van der Waals surface area contributed by atoms with E-state index in [1.807, 2.05) is 0 Å². The van der Waals surface area contributed by atoms with Crippen molar-refractivity contribution >= 4 is 42.0 Å². The standard InChI is InChI=1S/C26H41IO2Se/c1-18(2)21-16-22(19(3)4)26(23(17-21)20(5)6)30-24(27)12-8-7-10-14-28-25-13-9-11-15-29-25/h12,16-20,25H,7-11,13-15H2,1-6H3/b24-12-. The number of hydrogen-bond acceptors (Lipinski definition) is 2. The summed E-state index contributed by atoms with van der Waals surface area (Å²) in [5.41, 5.74) is 4.62. The van der Waals surface area contributed by atoms with E-state index in [0.29, 0.717) is 32.7 Å². The topological polar surface area (TPSA) is 18.5 Å². The first kappa shape index (κ1) is 26.4. The second-order valence-electron chi connectivity index (χ2n) is 9.27. The predicted octanol–water partition coefficient (Wildman–Crippen LogP) is 7.38. The molecule has 1 fully saturated rings. The van der Waals surface area contributed by atoms with Gasteiger partial charge in [0.25, 0.3) is 0 Å². The van der Waals surface area contributed by atoms with Crippen molar-refractivity contribution in [3.05, 3.63) is 37.4 Å². The first-order chi connectivity index (χ1) is 14.3. The van der Waals surface area contributed by atoms with Crippen molar-refractivity contribution in [2.75, 3.05) is 13.2 Å². The second kappa shape index (κ2) is 13.6. The molecule has 2 nitrogen and oxygen atoms in total. The van der Waals surface area contributed by atoms with E-state index >= 15 is 0 Å². The van der Waals surface area contributed by atoms with Gasteiger partial charge in [-0.05, 0) is 0 Å². The normalized spacial score (nSPS) is 18.1. The molecule has 1 atom stereocenters. The average Bonchev–Trinajstić information content (AvgIpc) is 2.70. The third-order valence-electron chi connectivity index (χ3n) is 5.62. The molecule has 1 heterocycles. The van der Waals surface area contributed by atoms with Crippen molar-refractivity contribution in [3.8, 4) is 0 Å². The zero-order valence-corrected chi connectivity index (χ0v) is 23.7. The van der Waals surface area contributed by atoms with Gasteiger partial charge in [-0.25, -0.2) is 0 Å². The van der Waals surface area contributed by atoms with Crippen LogP contribution in [0.15, 0.2) is 20.7 Å². The molecule has 0 radical (unpaired) electrons. The maximum atomic E-state index is 5.86. The van der Waals surface area contributed by atoms with Gasteiger partial charge in [0.15, 0.2) is 0 Å². The Kier molecular flexibility index (Phi) is 12.0. The van der Waals surface area contributed by atoms with E-state index in [1.54, 1.807) is 15.6 Å². The van der Waals surface area contributed by atoms with Crippen LogP contribution in [0.1, 0.15) is 115 Å². The number of benzene rings is 1. The molecule has 170 valence electrons. The summed E-state index contributed by atoms with van der Waals surface area (Å²) in [5, 5.41) is 0. The van der Waals surface area contributed by atoms with Crippen LogP contribution in [0.5, 0.6) is 0 Å². The fourth-order valence-corrected chi connectivity index (χ4v) is 7.68. The van der Waals surface area contributed by atoms with Crippen molar-refractivity contribution in [1.29, 1.82) is 0 Å². The van der Waals surface area contributed by atoms with E-state index in [0.717, 1.165) is 32.5 Å². The molecule has 0 bridgehead atoms. The van der Waals surface area contributed by atoms with E-state index in [-0.39, 0.29) is 6.29 Å². The van der Waals surface area contributed by atoms with Crippen LogP contribution in [0.3, 0.4) is 0 Å². The Balaban J connectivity index is 1.94. The molecule has 1 unspecified atom stereocenters. The van der Waals surface area contributed by atoms with Gasteiger partial charge in [-0.3, -0.25) is 0 Å². The molecule has 1 saturated heterocycles. The Hall–Kier alpha value is 0.129. The van der Waals surface area contributed by atoms with Gasteiger partial charge in [-0.2, -0.15) is 0 Å². The molecule has 0 saturated carbocycles. The van der Waals surface area contributed by atoms with Crippen LogP contribution in [-0.2, 0) is 9.47 Å². The molecule has 2 rings (SSSR count).